The average molecular weight is 408 g/mol. The molecule has 0 radical (unpaired) electrons. The third-order valence-corrected chi connectivity index (χ3v) is 4.55. The quantitative estimate of drug-likeness (QED) is 0.128. The van der Waals surface area contributed by atoms with E-state index in [0.29, 0.717) is 0 Å². The molecule has 1 amide bonds. The van der Waals surface area contributed by atoms with Gasteiger partial charge >= 0.3 is 0 Å². The first-order valence-electron chi connectivity index (χ1n) is 8.46. The summed E-state index contributed by atoms with van der Waals surface area (Å²) in [6, 6.07) is -1.24. The fourth-order valence-corrected chi connectivity index (χ4v) is 3.12. The van der Waals surface area contributed by atoms with Crippen LogP contribution >= 0.6 is 0 Å². The lowest BCUT2D eigenvalue weighted by Crippen LogP contribution is -2.67. The van der Waals surface area contributed by atoms with Gasteiger partial charge in [-0.05, 0) is 5.53 Å². The van der Waals surface area contributed by atoms with Crippen molar-refractivity contribution in [3.63, 3.8) is 0 Å². The van der Waals surface area contributed by atoms with E-state index in [0.717, 1.165) is 6.92 Å². The second-order valence-electron chi connectivity index (χ2n) is 6.47. The lowest BCUT2D eigenvalue weighted by Gasteiger charge is -2.46. The highest BCUT2D eigenvalue weighted by Crippen LogP contribution is 2.29. The minimum Gasteiger partial charge on any atom is -0.394 e. The molecule has 2 fully saturated rings. The Hall–Kier alpha value is -1.58. The zero-order valence-electron chi connectivity index (χ0n) is 14.8. The van der Waals surface area contributed by atoms with E-state index in [-0.39, 0.29) is 0 Å². The fourth-order valence-electron chi connectivity index (χ4n) is 3.12. The van der Waals surface area contributed by atoms with E-state index in [2.05, 4.69) is 15.3 Å². The number of carbonyl (C=O) groups is 1. The van der Waals surface area contributed by atoms with E-state index < -0.39 is 80.4 Å². The molecule has 0 aromatic heterocycles. The first-order chi connectivity index (χ1) is 13.2. The van der Waals surface area contributed by atoms with Crippen LogP contribution in [0.5, 0.6) is 0 Å². The molecule has 0 bridgehead atoms. The Bertz CT molecular complexity index is 588. The zero-order valence-corrected chi connectivity index (χ0v) is 14.8. The molecule has 2 aliphatic rings. The molecule has 5 unspecified atom stereocenters. The highest BCUT2D eigenvalue weighted by Gasteiger charge is 2.51. The topological polar surface area (TPSA) is 227 Å². The van der Waals surface area contributed by atoms with Gasteiger partial charge in [-0.1, -0.05) is 5.11 Å². The fraction of sp³-hybridized carbons (Fsp3) is 0.929. The average Bonchev–Trinajstić information content (AvgIpc) is 2.66. The summed E-state index contributed by atoms with van der Waals surface area (Å²) in [4.78, 5) is 14.1. The number of amides is 1. The smallest absolute Gasteiger partial charge is 0.217 e. The monoisotopic (exact) mass is 408 g/mol. The molecule has 2 saturated heterocycles. The number of carbonyl (C=O) groups excluding carboxylic acids is 1. The van der Waals surface area contributed by atoms with Crippen LogP contribution in [0.1, 0.15) is 6.92 Å². The predicted molar refractivity (Wildman–Crippen MR) is 87.1 cm³/mol. The Morgan fingerprint density at radius 1 is 1.07 bits per heavy atom. The van der Waals surface area contributed by atoms with Gasteiger partial charge in [-0.2, -0.15) is 0 Å². The minimum atomic E-state index is -1.77. The maximum atomic E-state index is 11.5. The maximum Gasteiger partial charge on any atom is 0.217 e. The molecule has 14 nitrogen and oxygen atoms in total. The Labute approximate surface area is 158 Å². The lowest BCUT2D eigenvalue weighted by atomic mass is 9.95. The van der Waals surface area contributed by atoms with Crippen LogP contribution in [0.3, 0.4) is 0 Å². The zero-order chi connectivity index (χ0) is 21.0. The van der Waals surface area contributed by atoms with Crippen LogP contribution in [0, 0.1) is 0 Å². The second kappa shape index (κ2) is 9.76. The molecule has 10 atom stereocenters. The number of aliphatic hydroxyl groups is 6. The number of nitrogens with zero attached hydrogens (tertiary/aromatic N) is 3. The molecule has 160 valence electrons. The van der Waals surface area contributed by atoms with Gasteiger partial charge in [0, 0.05) is 11.8 Å². The van der Waals surface area contributed by atoms with Crippen LogP contribution in [0.15, 0.2) is 5.11 Å². The van der Waals surface area contributed by atoms with Crippen molar-refractivity contribution >= 4 is 5.91 Å². The number of azide groups is 1. The molecule has 7 N–H and O–H groups in total. The van der Waals surface area contributed by atoms with Crippen molar-refractivity contribution in [2.45, 2.75) is 68.2 Å². The summed E-state index contributed by atoms with van der Waals surface area (Å²) in [5.41, 5.74) is 8.72. The van der Waals surface area contributed by atoms with Crippen molar-refractivity contribution < 1.29 is 49.6 Å². The van der Waals surface area contributed by atoms with Crippen LogP contribution < -0.4 is 5.32 Å². The number of rotatable bonds is 6. The Morgan fingerprint density at radius 2 is 1.68 bits per heavy atom. The molecule has 0 spiro atoms. The second-order valence-corrected chi connectivity index (χ2v) is 6.47. The standard InChI is InChI=1S/C14H24N4O10/c1-4(21)16-7-12(9(23)6(3-20)26-13(7)17-18-15)28-14-11(25)10(24)8(22)5(2-19)27-14/h5-14,19-20,22-25H,2-3H2,1H3,(H,16,21)/t5?,6?,7?,8-,9+,10-,11?,12+,13?,14-/m0/s1. The normalized spacial score (nSPS) is 43.8. The van der Waals surface area contributed by atoms with Crippen LogP contribution in [0.2, 0.25) is 0 Å². The van der Waals surface area contributed by atoms with Crippen molar-refractivity contribution in [1.29, 1.82) is 0 Å². The maximum absolute atomic E-state index is 11.5. The summed E-state index contributed by atoms with van der Waals surface area (Å²) in [6.45, 7) is -0.223. The van der Waals surface area contributed by atoms with Gasteiger partial charge in [0.15, 0.2) is 12.5 Å². The number of hydrogen-bond donors (Lipinski definition) is 7. The molecule has 28 heavy (non-hydrogen) atoms. The van der Waals surface area contributed by atoms with E-state index >= 15 is 0 Å². The number of ether oxygens (including phenoxy) is 3. The van der Waals surface area contributed by atoms with Gasteiger partial charge in [-0.25, -0.2) is 0 Å². The Balaban J connectivity index is 2.30. The summed E-state index contributed by atoms with van der Waals surface area (Å²) in [5.74, 6) is -0.580. The minimum absolute atomic E-state index is 0.580. The van der Waals surface area contributed by atoms with Crippen LogP contribution in [-0.2, 0) is 19.0 Å². The molecule has 14 heteroatoms. The largest absolute Gasteiger partial charge is 0.394 e. The summed E-state index contributed by atoms with van der Waals surface area (Å²) in [5, 5.41) is 64.7. The van der Waals surface area contributed by atoms with Crippen molar-refractivity contribution in [2.75, 3.05) is 13.2 Å². The molecule has 2 heterocycles. The van der Waals surface area contributed by atoms with Gasteiger partial charge in [0.2, 0.25) is 5.91 Å². The van der Waals surface area contributed by atoms with Crippen LogP contribution in [0.4, 0.5) is 0 Å². The van der Waals surface area contributed by atoms with Crippen LogP contribution in [0.25, 0.3) is 10.4 Å². The van der Waals surface area contributed by atoms with Gasteiger partial charge in [0.05, 0.1) is 19.3 Å². The van der Waals surface area contributed by atoms with Gasteiger partial charge in [0.25, 0.3) is 0 Å². The highest BCUT2D eigenvalue weighted by molar-refractivity contribution is 5.73. The van der Waals surface area contributed by atoms with Gasteiger partial charge in [0.1, 0.15) is 42.7 Å². The first kappa shape index (κ1) is 22.7. The van der Waals surface area contributed by atoms with Gasteiger partial charge < -0.3 is 50.2 Å². The summed E-state index contributed by atoms with van der Waals surface area (Å²) < 4.78 is 16.1. The Morgan fingerprint density at radius 3 is 2.21 bits per heavy atom. The van der Waals surface area contributed by atoms with Crippen molar-refractivity contribution in [3.8, 4) is 0 Å². The molecule has 2 aliphatic heterocycles. The van der Waals surface area contributed by atoms with Crippen molar-refractivity contribution in [1.82, 2.24) is 5.32 Å². The van der Waals surface area contributed by atoms with Crippen LogP contribution in [-0.4, -0.2) is 111 Å². The van der Waals surface area contributed by atoms with Crippen molar-refractivity contribution in [2.24, 2.45) is 5.11 Å². The first-order valence-corrected chi connectivity index (χ1v) is 8.46. The number of nitrogens with one attached hydrogen (secondary N) is 1. The predicted octanol–water partition coefficient (Wildman–Crippen LogP) is -3.94. The molecule has 2 rings (SSSR count). The molecule has 0 aromatic rings. The molecular weight excluding hydrogens is 384 g/mol. The summed E-state index contributed by atoms with van der Waals surface area (Å²) in [6.07, 6.45) is -13.6. The van der Waals surface area contributed by atoms with E-state index in [9.17, 15) is 35.4 Å². The lowest BCUT2D eigenvalue weighted by molar-refractivity contribution is -0.331. The molecule has 0 aromatic carbocycles. The summed E-state index contributed by atoms with van der Waals surface area (Å²) in [7, 11) is 0. The van der Waals surface area contributed by atoms with E-state index in [4.69, 9.17) is 19.7 Å². The number of aliphatic hydroxyl groups excluding tert-OH is 6. The van der Waals surface area contributed by atoms with E-state index in [1.165, 1.54) is 0 Å². The molecular formula is C14H24N4O10. The van der Waals surface area contributed by atoms with Crippen molar-refractivity contribution in [3.05, 3.63) is 10.4 Å². The summed E-state index contributed by atoms with van der Waals surface area (Å²) >= 11 is 0. The third kappa shape index (κ3) is 4.69. The molecule has 0 aliphatic carbocycles. The molecule has 0 saturated carbocycles. The highest BCUT2D eigenvalue weighted by atomic mass is 16.7. The van der Waals surface area contributed by atoms with Gasteiger partial charge in [-0.3, -0.25) is 4.79 Å². The third-order valence-electron chi connectivity index (χ3n) is 4.55. The Kier molecular flexibility index (Phi) is 7.91. The SMILES string of the molecule is CC(=O)NC1C(N=[N+]=[N-])OC(CO)[C@@H](O)[C@@H]1O[C@@H]1OC(CO)[C@H](O)[C@H](O)C1O. The van der Waals surface area contributed by atoms with E-state index in [1.54, 1.807) is 0 Å². The van der Waals surface area contributed by atoms with E-state index in [1.807, 2.05) is 0 Å². The van der Waals surface area contributed by atoms with Gasteiger partial charge in [-0.15, -0.1) is 0 Å². The number of hydrogen-bond acceptors (Lipinski definition) is 11.